The number of rotatable bonds is 25. The number of piperidine rings is 1. The molecule has 428 valence electrons. The lowest BCUT2D eigenvalue weighted by molar-refractivity contribution is -0.321. The van der Waals surface area contributed by atoms with Gasteiger partial charge in [-0.05, 0) is 88.1 Å². The molecule has 2 aromatic rings. The number of para-hydroxylation sites is 2. The Balaban J connectivity index is 1.35. The molecule has 3 unspecified atom stereocenters. The van der Waals surface area contributed by atoms with Gasteiger partial charge in [0.25, 0.3) is 0 Å². The molecule has 30 heteroatoms. The van der Waals surface area contributed by atoms with E-state index in [4.69, 9.17) is 4.74 Å². The summed E-state index contributed by atoms with van der Waals surface area (Å²) in [6, 6.07) is 2.29. The Morgan fingerprint density at radius 1 is 0.590 bits per heavy atom. The average molecular weight is 1120 g/mol. The van der Waals surface area contributed by atoms with E-state index in [0.29, 0.717) is 6.42 Å². The summed E-state index contributed by atoms with van der Waals surface area (Å²) in [7, 11) is 0. The minimum Gasteiger partial charge on any atom is -0.363 e. The summed E-state index contributed by atoms with van der Waals surface area (Å²) in [5, 5.41) is 21.1. The Morgan fingerprint density at radius 3 is 1.54 bits per heavy atom. The van der Waals surface area contributed by atoms with Gasteiger partial charge in [-0.3, -0.25) is 62.7 Å². The van der Waals surface area contributed by atoms with Crippen molar-refractivity contribution < 1.29 is 97.3 Å². The van der Waals surface area contributed by atoms with Gasteiger partial charge in [-0.15, -0.1) is 26.3 Å². The highest BCUT2D eigenvalue weighted by molar-refractivity contribution is 6.40. The SMILES string of the molecule is CC(COC1NCCC1C[C@H](NC(=O)C(=O)Nc1ccccc1F)C(=O)N[C@@H](C[C@@H]1CCNC1=O)C(=O)COC(F)(F)F)C[C@H](NC(=O)C(=O)Nc1ccccc1F)C(=O)N[C@@H](C[C@@H]1CCCNC1=O)C(=O)COC(F)(F)F. The predicted molar refractivity (Wildman–Crippen MR) is 252 cm³/mol. The molecule has 0 spiro atoms. The summed E-state index contributed by atoms with van der Waals surface area (Å²) >= 11 is 0. The van der Waals surface area contributed by atoms with Gasteiger partial charge in [-0.25, -0.2) is 8.78 Å². The molecule has 3 saturated heterocycles. The van der Waals surface area contributed by atoms with Gasteiger partial charge in [-0.1, -0.05) is 31.2 Å². The van der Waals surface area contributed by atoms with Crippen molar-refractivity contribution >= 4 is 70.2 Å². The van der Waals surface area contributed by atoms with E-state index in [1.807, 2.05) is 10.6 Å². The maximum Gasteiger partial charge on any atom is 0.522 e. The minimum absolute atomic E-state index is 0.143. The van der Waals surface area contributed by atoms with Gasteiger partial charge in [0.15, 0.2) is 11.6 Å². The van der Waals surface area contributed by atoms with Crippen LogP contribution in [0.3, 0.4) is 0 Å². The quantitative estimate of drug-likeness (QED) is 0.0503. The second-order valence-electron chi connectivity index (χ2n) is 18.7. The van der Waals surface area contributed by atoms with E-state index < -0.39 is 188 Å². The van der Waals surface area contributed by atoms with Gasteiger partial charge in [0.05, 0.1) is 30.1 Å². The summed E-state index contributed by atoms with van der Waals surface area (Å²) < 4.78 is 120. The molecule has 5 rings (SSSR count). The van der Waals surface area contributed by atoms with Crippen LogP contribution in [0.5, 0.6) is 0 Å². The fourth-order valence-electron chi connectivity index (χ4n) is 8.69. The fourth-order valence-corrected chi connectivity index (χ4v) is 8.69. The second kappa shape index (κ2) is 28.4. The molecular formula is C48H57F8N9O13. The van der Waals surface area contributed by atoms with Crippen LogP contribution in [0.1, 0.15) is 58.3 Å². The van der Waals surface area contributed by atoms with Gasteiger partial charge in [0, 0.05) is 30.8 Å². The number of amides is 8. The highest BCUT2D eigenvalue weighted by Gasteiger charge is 2.40. The first-order valence-corrected chi connectivity index (χ1v) is 24.5. The number of alkyl halides is 6. The summed E-state index contributed by atoms with van der Waals surface area (Å²) in [4.78, 5) is 132. The first-order chi connectivity index (χ1) is 36.8. The molecule has 0 aromatic heterocycles. The van der Waals surface area contributed by atoms with Gasteiger partial charge in [-0.2, -0.15) is 0 Å². The number of carbonyl (C=O) groups is 10. The number of Topliss-reactive ketones (excluding diaryl/α,β-unsaturated/α-hetero) is 2. The third-order valence-electron chi connectivity index (χ3n) is 12.7. The highest BCUT2D eigenvalue weighted by Crippen LogP contribution is 2.26. The number of hydrogen-bond acceptors (Lipinski definition) is 14. The molecule has 78 heavy (non-hydrogen) atoms. The van der Waals surface area contributed by atoms with Crippen molar-refractivity contribution in [3.63, 3.8) is 0 Å². The van der Waals surface area contributed by atoms with Crippen LogP contribution in [0.25, 0.3) is 0 Å². The van der Waals surface area contributed by atoms with E-state index in [1.54, 1.807) is 0 Å². The molecule has 3 heterocycles. The van der Waals surface area contributed by atoms with Crippen LogP contribution < -0.4 is 47.9 Å². The van der Waals surface area contributed by atoms with Crippen LogP contribution in [0, 0.1) is 35.3 Å². The third-order valence-corrected chi connectivity index (χ3v) is 12.7. The van der Waals surface area contributed by atoms with Crippen molar-refractivity contribution in [2.75, 3.05) is 50.1 Å². The molecule has 2 aromatic carbocycles. The number of nitrogens with one attached hydrogen (secondary N) is 9. The second-order valence-corrected chi connectivity index (χ2v) is 18.7. The smallest absolute Gasteiger partial charge is 0.363 e. The summed E-state index contributed by atoms with van der Waals surface area (Å²) in [6.07, 6.45) is -12.5. The number of ether oxygens (including phenoxy) is 3. The number of anilines is 2. The highest BCUT2D eigenvalue weighted by atomic mass is 19.4. The molecular weight excluding hydrogens is 1060 g/mol. The van der Waals surface area contributed by atoms with Crippen molar-refractivity contribution in [1.82, 2.24) is 37.2 Å². The van der Waals surface area contributed by atoms with Crippen molar-refractivity contribution in [3.8, 4) is 0 Å². The molecule has 22 nitrogen and oxygen atoms in total. The van der Waals surface area contributed by atoms with E-state index >= 15 is 0 Å². The number of benzene rings is 2. The molecule has 0 aliphatic carbocycles. The van der Waals surface area contributed by atoms with E-state index in [1.165, 1.54) is 31.2 Å². The molecule has 3 aliphatic heterocycles. The average Bonchev–Trinajstić information content (AvgIpc) is 4.02. The van der Waals surface area contributed by atoms with Crippen LogP contribution >= 0.6 is 0 Å². The zero-order chi connectivity index (χ0) is 57.3. The molecule has 9 atom stereocenters. The molecule has 8 amide bonds. The monoisotopic (exact) mass is 1120 g/mol. The summed E-state index contributed by atoms with van der Waals surface area (Å²) in [6.45, 7) is -1.40. The first kappa shape index (κ1) is 61.7. The number of carbonyl (C=O) groups excluding carboxylic acids is 10. The van der Waals surface area contributed by atoms with E-state index in [0.717, 1.165) is 24.3 Å². The lowest BCUT2D eigenvalue weighted by Gasteiger charge is -2.29. The Morgan fingerprint density at radius 2 is 1.06 bits per heavy atom. The molecule has 3 fully saturated rings. The normalized spacial score (nSPS) is 20.4. The molecule has 0 saturated carbocycles. The Bertz CT molecular complexity index is 2520. The van der Waals surface area contributed by atoms with E-state index in [-0.39, 0.29) is 45.5 Å². The topological polar surface area (TPSA) is 307 Å². The standard InChI is InChI=1S/C48H57F8N9O13/c1-24(17-34(64-44(74)42(72)60-30-10-4-2-8-28(30)49)40(70)62-32(36(66)22-77-47(51,52)53)18-25-7-6-14-57-38(25)68)21-76-46-27(13-16-59-46)20-35(65-45(75)43(73)61-31-11-5-3-9-29(31)50)41(71)63-33(19-26-12-15-58-39(26)69)37(67)23-78-48(54,55)56/h2-5,8-11,24-27,32-35,46,59H,6-7,12-23H2,1H3,(H,57,68)(H,58,69)(H,60,72)(H,61,73)(H,62,70)(H,63,71)(H,64,74)(H,65,75)/t24?,25-,26-,27?,32-,33-,34-,35-,46?/m0/s1. The Kier molecular flexibility index (Phi) is 22.5. The van der Waals surface area contributed by atoms with Crippen LogP contribution in [0.2, 0.25) is 0 Å². The van der Waals surface area contributed by atoms with Gasteiger partial charge in [0.2, 0.25) is 23.6 Å². The fraction of sp³-hybridized carbons (Fsp3) is 0.542. The largest absolute Gasteiger partial charge is 0.522 e. The molecule has 3 aliphatic rings. The Labute approximate surface area is 439 Å². The summed E-state index contributed by atoms with van der Waals surface area (Å²) in [5.41, 5.74) is -0.846. The van der Waals surface area contributed by atoms with Crippen molar-refractivity contribution in [1.29, 1.82) is 0 Å². The van der Waals surface area contributed by atoms with Gasteiger partial charge >= 0.3 is 36.4 Å². The first-order valence-electron chi connectivity index (χ1n) is 24.5. The Hall–Kier alpha value is -7.18. The van der Waals surface area contributed by atoms with Crippen LogP contribution in [-0.4, -0.2) is 141 Å². The third kappa shape index (κ3) is 19.7. The lowest BCUT2D eigenvalue weighted by Crippen LogP contribution is -2.55. The minimum atomic E-state index is -5.27. The van der Waals surface area contributed by atoms with Crippen molar-refractivity contribution in [2.24, 2.45) is 23.7 Å². The van der Waals surface area contributed by atoms with Gasteiger partial charge in [0.1, 0.15) is 43.2 Å². The molecule has 0 radical (unpaired) electrons. The number of ketones is 2. The van der Waals surface area contributed by atoms with E-state index in [9.17, 15) is 83.1 Å². The number of halogens is 8. The summed E-state index contributed by atoms with van der Waals surface area (Å²) in [5.74, 6) is -17.5. The predicted octanol–water partition coefficient (Wildman–Crippen LogP) is 1.50. The van der Waals surface area contributed by atoms with Gasteiger partial charge < -0.3 is 47.3 Å². The van der Waals surface area contributed by atoms with Crippen molar-refractivity contribution in [3.05, 3.63) is 60.2 Å². The van der Waals surface area contributed by atoms with Crippen molar-refractivity contribution in [2.45, 2.75) is 101 Å². The zero-order valence-electron chi connectivity index (χ0n) is 41.5. The molecule has 9 N–H and O–H groups in total. The maximum atomic E-state index is 14.4. The van der Waals surface area contributed by atoms with E-state index in [2.05, 4.69) is 46.7 Å². The lowest BCUT2D eigenvalue weighted by atomic mass is 9.90. The number of hydrogen-bond donors (Lipinski definition) is 9. The maximum absolute atomic E-state index is 14.4. The zero-order valence-corrected chi connectivity index (χ0v) is 41.5. The van der Waals surface area contributed by atoms with Crippen LogP contribution in [0.15, 0.2) is 48.5 Å². The van der Waals surface area contributed by atoms with Crippen LogP contribution in [0.4, 0.5) is 46.5 Å². The molecule has 0 bridgehead atoms. The van der Waals surface area contributed by atoms with Crippen LogP contribution in [-0.2, 0) is 62.2 Å².